The van der Waals surface area contributed by atoms with E-state index in [1.165, 1.54) is 0 Å². The van der Waals surface area contributed by atoms with E-state index < -0.39 is 0 Å². The summed E-state index contributed by atoms with van der Waals surface area (Å²) in [7, 11) is 0. The molecule has 0 aliphatic heterocycles. The third-order valence-electron chi connectivity index (χ3n) is 4.48. The Kier molecular flexibility index (Phi) is 8.03. The standard InChI is InChI=1S/C26H27N3O3/c1-19(2)18-32-24-13-7-12-23(15-24)29-25(30)17-27-22-11-6-10-21(14-22)26(31)28-16-20-8-4-3-5-9-20/h3-15,27H,1,16-18H2,2H3,(H,28,31)(H,29,30). The van der Waals surface area contributed by atoms with Crippen LogP contribution in [-0.4, -0.2) is 25.0 Å². The van der Waals surface area contributed by atoms with Gasteiger partial charge in [-0.2, -0.15) is 0 Å². The van der Waals surface area contributed by atoms with E-state index in [0.717, 1.165) is 11.1 Å². The van der Waals surface area contributed by atoms with Gasteiger partial charge in [0.2, 0.25) is 5.91 Å². The van der Waals surface area contributed by atoms with Crippen molar-refractivity contribution in [2.24, 2.45) is 0 Å². The second-order valence-electron chi connectivity index (χ2n) is 7.42. The van der Waals surface area contributed by atoms with Gasteiger partial charge in [0.05, 0.1) is 6.54 Å². The Morgan fingerprint density at radius 3 is 2.44 bits per heavy atom. The fraction of sp³-hybridized carbons (Fsp3) is 0.154. The molecular weight excluding hydrogens is 402 g/mol. The van der Waals surface area contributed by atoms with Crippen molar-refractivity contribution in [3.8, 4) is 5.75 Å². The van der Waals surface area contributed by atoms with Crippen LogP contribution < -0.4 is 20.7 Å². The molecule has 0 unspecified atom stereocenters. The molecule has 0 spiro atoms. The van der Waals surface area contributed by atoms with Crippen molar-refractivity contribution >= 4 is 23.2 Å². The molecule has 3 N–H and O–H groups in total. The lowest BCUT2D eigenvalue weighted by atomic mass is 10.1. The van der Waals surface area contributed by atoms with E-state index in [9.17, 15) is 9.59 Å². The van der Waals surface area contributed by atoms with Gasteiger partial charge in [-0.1, -0.05) is 49.0 Å². The molecule has 0 aliphatic rings. The van der Waals surface area contributed by atoms with E-state index in [4.69, 9.17) is 4.74 Å². The summed E-state index contributed by atoms with van der Waals surface area (Å²) in [5.74, 6) is 0.280. The molecule has 0 atom stereocenters. The molecule has 6 heteroatoms. The van der Waals surface area contributed by atoms with Gasteiger partial charge in [0.15, 0.2) is 0 Å². The minimum absolute atomic E-state index is 0.0614. The normalized spacial score (nSPS) is 10.2. The summed E-state index contributed by atoms with van der Waals surface area (Å²) < 4.78 is 5.60. The van der Waals surface area contributed by atoms with Crippen molar-refractivity contribution in [3.05, 3.63) is 102 Å². The van der Waals surface area contributed by atoms with E-state index in [0.29, 0.717) is 35.8 Å². The Hall–Kier alpha value is -4.06. The number of carbonyl (C=O) groups is 2. The summed E-state index contributed by atoms with van der Waals surface area (Å²) in [5, 5.41) is 8.79. The second kappa shape index (κ2) is 11.4. The molecule has 6 nitrogen and oxygen atoms in total. The van der Waals surface area contributed by atoms with E-state index in [1.807, 2.05) is 55.5 Å². The zero-order chi connectivity index (χ0) is 22.8. The lowest BCUT2D eigenvalue weighted by molar-refractivity contribution is -0.114. The smallest absolute Gasteiger partial charge is 0.251 e. The molecular formula is C26H27N3O3. The topological polar surface area (TPSA) is 79.5 Å². The summed E-state index contributed by atoms with van der Waals surface area (Å²) in [6.45, 7) is 6.63. The SMILES string of the molecule is C=C(C)COc1cccc(NC(=O)CNc2cccc(C(=O)NCc3ccccc3)c2)c1. The highest BCUT2D eigenvalue weighted by molar-refractivity contribution is 5.96. The zero-order valence-electron chi connectivity index (χ0n) is 18.1. The highest BCUT2D eigenvalue weighted by atomic mass is 16.5. The third kappa shape index (κ3) is 7.32. The molecule has 32 heavy (non-hydrogen) atoms. The summed E-state index contributed by atoms with van der Waals surface area (Å²) in [6.07, 6.45) is 0. The largest absolute Gasteiger partial charge is 0.489 e. The maximum Gasteiger partial charge on any atom is 0.251 e. The van der Waals surface area contributed by atoms with Crippen LogP contribution in [0.25, 0.3) is 0 Å². The quantitative estimate of drug-likeness (QED) is 0.411. The molecule has 0 saturated heterocycles. The van der Waals surface area contributed by atoms with Crippen molar-refractivity contribution in [3.63, 3.8) is 0 Å². The van der Waals surface area contributed by atoms with E-state index >= 15 is 0 Å². The van der Waals surface area contributed by atoms with Crippen molar-refractivity contribution in [1.82, 2.24) is 5.32 Å². The molecule has 0 radical (unpaired) electrons. The van der Waals surface area contributed by atoms with Gasteiger partial charge < -0.3 is 20.7 Å². The van der Waals surface area contributed by atoms with Crippen molar-refractivity contribution in [2.45, 2.75) is 13.5 Å². The maximum absolute atomic E-state index is 12.4. The number of anilines is 2. The molecule has 3 aromatic rings. The Bertz CT molecular complexity index is 1080. The molecule has 0 fully saturated rings. The Morgan fingerprint density at radius 1 is 0.906 bits per heavy atom. The highest BCUT2D eigenvalue weighted by Crippen LogP contribution is 2.18. The lowest BCUT2D eigenvalue weighted by Gasteiger charge is -2.11. The number of amides is 2. The minimum atomic E-state index is -0.207. The maximum atomic E-state index is 12.4. The van der Waals surface area contributed by atoms with Crippen molar-refractivity contribution < 1.29 is 14.3 Å². The van der Waals surface area contributed by atoms with Gasteiger partial charge in [0.25, 0.3) is 5.91 Å². The number of hydrogen-bond acceptors (Lipinski definition) is 4. The highest BCUT2D eigenvalue weighted by Gasteiger charge is 2.08. The summed E-state index contributed by atoms with van der Waals surface area (Å²) >= 11 is 0. The molecule has 0 bridgehead atoms. The number of ether oxygens (including phenoxy) is 1. The first-order valence-corrected chi connectivity index (χ1v) is 10.3. The Labute approximate surface area is 188 Å². The van der Waals surface area contributed by atoms with E-state index in [-0.39, 0.29) is 18.4 Å². The predicted molar refractivity (Wildman–Crippen MR) is 128 cm³/mol. The van der Waals surface area contributed by atoms with Gasteiger partial charge in [-0.3, -0.25) is 9.59 Å². The summed E-state index contributed by atoms with van der Waals surface area (Å²) in [4.78, 5) is 24.8. The molecule has 3 rings (SSSR count). The van der Waals surface area contributed by atoms with E-state index in [2.05, 4.69) is 22.5 Å². The molecule has 0 aliphatic carbocycles. The minimum Gasteiger partial charge on any atom is -0.489 e. The number of nitrogens with one attached hydrogen (secondary N) is 3. The van der Waals surface area contributed by atoms with Crippen LogP contribution in [0, 0.1) is 0 Å². The predicted octanol–water partition coefficient (Wildman–Crippen LogP) is 4.62. The number of carbonyl (C=O) groups excluding carboxylic acids is 2. The van der Waals surface area contributed by atoms with Gasteiger partial charge in [-0.15, -0.1) is 0 Å². The fourth-order valence-electron chi connectivity index (χ4n) is 2.91. The van der Waals surface area contributed by atoms with Gasteiger partial charge in [-0.25, -0.2) is 0 Å². The van der Waals surface area contributed by atoms with Crippen molar-refractivity contribution in [2.75, 3.05) is 23.8 Å². The molecule has 164 valence electrons. The zero-order valence-corrected chi connectivity index (χ0v) is 18.1. The van der Waals surface area contributed by atoms with E-state index in [1.54, 1.807) is 30.3 Å². The van der Waals surface area contributed by atoms with Crippen LogP contribution in [0.15, 0.2) is 91.0 Å². The third-order valence-corrected chi connectivity index (χ3v) is 4.48. The molecule has 3 aromatic carbocycles. The number of rotatable bonds is 10. The average molecular weight is 430 g/mol. The Morgan fingerprint density at radius 2 is 1.66 bits per heavy atom. The molecule has 0 saturated carbocycles. The molecule has 0 aromatic heterocycles. The van der Waals surface area contributed by atoms with Crippen LogP contribution in [-0.2, 0) is 11.3 Å². The first-order valence-electron chi connectivity index (χ1n) is 10.3. The van der Waals surface area contributed by atoms with Gasteiger partial charge in [0.1, 0.15) is 12.4 Å². The van der Waals surface area contributed by atoms with Crippen LogP contribution >= 0.6 is 0 Å². The lowest BCUT2D eigenvalue weighted by Crippen LogP contribution is -2.23. The van der Waals surface area contributed by atoms with Crippen LogP contribution in [0.3, 0.4) is 0 Å². The van der Waals surface area contributed by atoms with Crippen molar-refractivity contribution in [1.29, 1.82) is 0 Å². The van der Waals surface area contributed by atoms with Gasteiger partial charge in [0, 0.05) is 29.5 Å². The fourth-order valence-corrected chi connectivity index (χ4v) is 2.91. The molecule has 0 heterocycles. The second-order valence-corrected chi connectivity index (χ2v) is 7.42. The summed E-state index contributed by atoms with van der Waals surface area (Å²) in [5.41, 5.74) is 3.80. The van der Waals surface area contributed by atoms with Crippen LogP contribution in [0.5, 0.6) is 5.75 Å². The van der Waals surface area contributed by atoms with Crippen LogP contribution in [0.4, 0.5) is 11.4 Å². The Balaban J connectivity index is 1.50. The van der Waals surface area contributed by atoms with Crippen LogP contribution in [0.2, 0.25) is 0 Å². The summed E-state index contributed by atoms with van der Waals surface area (Å²) in [6, 6.07) is 24.0. The number of hydrogen-bond donors (Lipinski definition) is 3. The first kappa shape index (κ1) is 22.6. The van der Waals surface area contributed by atoms with Gasteiger partial charge >= 0.3 is 0 Å². The first-order chi connectivity index (χ1) is 15.5. The molecule has 2 amide bonds. The monoisotopic (exact) mass is 429 g/mol. The average Bonchev–Trinajstić information content (AvgIpc) is 2.81. The van der Waals surface area contributed by atoms with Crippen LogP contribution in [0.1, 0.15) is 22.8 Å². The van der Waals surface area contributed by atoms with Gasteiger partial charge in [-0.05, 0) is 48.4 Å². The number of benzene rings is 3.